The van der Waals surface area contributed by atoms with E-state index in [2.05, 4.69) is 20.5 Å². The second-order valence-corrected chi connectivity index (χ2v) is 4.60. The summed E-state index contributed by atoms with van der Waals surface area (Å²) in [6.07, 6.45) is 3.39. The standard InChI is InChI=1S/C15H14N4O2/c1-10-4-5-12(21-10)9-17-15(20)14-7-13(18-19-14)11-3-2-6-16-8-11/h2-8H,9H2,1H3,(H,17,20)(H,18,19). The fourth-order valence-corrected chi connectivity index (χ4v) is 1.94. The number of H-pyrrole nitrogens is 1. The predicted octanol–water partition coefficient (Wildman–Crippen LogP) is 2.30. The zero-order valence-corrected chi connectivity index (χ0v) is 11.5. The highest BCUT2D eigenvalue weighted by Crippen LogP contribution is 2.15. The number of aromatic amines is 1. The van der Waals surface area contributed by atoms with Crippen LogP contribution in [0.15, 0.2) is 47.1 Å². The van der Waals surface area contributed by atoms with Crippen LogP contribution in [0.4, 0.5) is 0 Å². The third-order valence-corrected chi connectivity index (χ3v) is 3.00. The highest BCUT2D eigenvalue weighted by atomic mass is 16.3. The summed E-state index contributed by atoms with van der Waals surface area (Å²) in [4.78, 5) is 16.1. The summed E-state index contributed by atoms with van der Waals surface area (Å²) in [6.45, 7) is 2.20. The van der Waals surface area contributed by atoms with Crippen molar-refractivity contribution < 1.29 is 9.21 Å². The molecular weight excluding hydrogens is 268 g/mol. The van der Waals surface area contributed by atoms with Gasteiger partial charge in [-0.05, 0) is 37.3 Å². The summed E-state index contributed by atoms with van der Waals surface area (Å²) in [7, 11) is 0. The van der Waals surface area contributed by atoms with E-state index in [1.807, 2.05) is 31.2 Å². The Morgan fingerprint density at radius 2 is 2.29 bits per heavy atom. The van der Waals surface area contributed by atoms with Gasteiger partial charge in [-0.15, -0.1) is 0 Å². The Balaban J connectivity index is 1.67. The molecule has 0 saturated heterocycles. The van der Waals surface area contributed by atoms with E-state index in [-0.39, 0.29) is 5.91 Å². The number of aryl methyl sites for hydroxylation is 1. The van der Waals surface area contributed by atoms with Gasteiger partial charge >= 0.3 is 0 Å². The van der Waals surface area contributed by atoms with Crippen LogP contribution < -0.4 is 5.32 Å². The predicted molar refractivity (Wildman–Crippen MR) is 76.4 cm³/mol. The van der Waals surface area contributed by atoms with Crippen molar-refractivity contribution in [2.24, 2.45) is 0 Å². The van der Waals surface area contributed by atoms with Crippen molar-refractivity contribution in [1.82, 2.24) is 20.5 Å². The van der Waals surface area contributed by atoms with Crippen LogP contribution in [-0.2, 0) is 6.54 Å². The third kappa shape index (κ3) is 3.00. The van der Waals surface area contributed by atoms with Crippen molar-refractivity contribution in [3.63, 3.8) is 0 Å². The van der Waals surface area contributed by atoms with Crippen LogP contribution in [0, 0.1) is 6.92 Å². The Morgan fingerprint density at radius 1 is 1.38 bits per heavy atom. The van der Waals surface area contributed by atoms with Gasteiger partial charge in [0.1, 0.15) is 17.2 Å². The van der Waals surface area contributed by atoms with Crippen molar-refractivity contribution in [1.29, 1.82) is 0 Å². The van der Waals surface area contributed by atoms with Gasteiger partial charge in [0.2, 0.25) is 0 Å². The summed E-state index contributed by atoms with van der Waals surface area (Å²) in [5, 5.41) is 9.62. The summed E-state index contributed by atoms with van der Waals surface area (Å²) in [6, 6.07) is 9.10. The number of pyridine rings is 1. The molecule has 3 aromatic heterocycles. The molecule has 6 heteroatoms. The Hall–Kier alpha value is -2.89. The lowest BCUT2D eigenvalue weighted by Gasteiger charge is -2.00. The molecule has 0 fully saturated rings. The molecule has 1 amide bonds. The SMILES string of the molecule is Cc1ccc(CNC(=O)c2cc(-c3cccnc3)n[nH]2)o1. The summed E-state index contributed by atoms with van der Waals surface area (Å²) in [5.41, 5.74) is 1.94. The van der Waals surface area contributed by atoms with Gasteiger partial charge in [0.15, 0.2) is 0 Å². The number of nitrogens with one attached hydrogen (secondary N) is 2. The topological polar surface area (TPSA) is 83.8 Å². The van der Waals surface area contributed by atoms with Crippen LogP contribution >= 0.6 is 0 Å². The number of nitrogens with zero attached hydrogens (tertiary/aromatic N) is 2. The average molecular weight is 282 g/mol. The van der Waals surface area contributed by atoms with Crippen molar-refractivity contribution in [3.8, 4) is 11.3 Å². The van der Waals surface area contributed by atoms with Gasteiger partial charge in [0, 0.05) is 18.0 Å². The molecule has 0 spiro atoms. The van der Waals surface area contributed by atoms with Crippen molar-refractivity contribution in [2.75, 3.05) is 0 Å². The Morgan fingerprint density at radius 3 is 3.00 bits per heavy atom. The summed E-state index contributed by atoms with van der Waals surface area (Å²) in [5.74, 6) is 1.30. The minimum atomic E-state index is -0.230. The van der Waals surface area contributed by atoms with E-state index < -0.39 is 0 Å². The average Bonchev–Trinajstić information content (AvgIpc) is 3.15. The molecule has 0 aliphatic rings. The minimum absolute atomic E-state index is 0.230. The molecule has 21 heavy (non-hydrogen) atoms. The molecule has 0 bridgehead atoms. The van der Waals surface area contributed by atoms with Crippen LogP contribution in [0.2, 0.25) is 0 Å². The maximum absolute atomic E-state index is 12.0. The van der Waals surface area contributed by atoms with Crippen LogP contribution in [0.1, 0.15) is 22.0 Å². The fourth-order valence-electron chi connectivity index (χ4n) is 1.94. The molecule has 6 nitrogen and oxygen atoms in total. The molecule has 0 saturated carbocycles. The quantitative estimate of drug-likeness (QED) is 0.769. The monoisotopic (exact) mass is 282 g/mol. The molecule has 0 atom stereocenters. The normalized spacial score (nSPS) is 10.5. The van der Waals surface area contributed by atoms with E-state index in [0.717, 1.165) is 11.3 Å². The number of amides is 1. The minimum Gasteiger partial charge on any atom is -0.465 e. The highest BCUT2D eigenvalue weighted by Gasteiger charge is 2.11. The first-order chi connectivity index (χ1) is 10.2. The first kappa shape index (κ1) is 13.1. The molecule has 3 heterocycles. The molecule has 0 radical (unpaired) electrons. The van der Waals surface area contributed by atoms with E-state index in [0.29, 0.717) is 23.7 Å². The number of aromatic nitrogens is 3. The van der Waals surface area contributed by atoms with Gasteiger partial charge in [0.25, 0.3) is 5.91 Å². The maximum Gasteiger partial charge on any atom is 0.269 e. The molecule has 0 aliphatic carbocycles. The molecule has 2 N–H and O–H groups in total. The zero-order chi connectivity index (χ0) is 14.7. The Kier molecular flexibility index (Phi) is 3.51. The van der Waals surface area contributed by atoms with Crippen molar-refractivity contribution in [2.45, 2.75) is 13.5 Å². The largest absolute Gasteiger partial charge is 0.465 e. The molecule has 3 rings (SSSR count). The maximum atomic E-state index is 12.0. The Labute approximate surface area is 121 Å². The lowest BCUT2D eigenvalue weighted by atomic mass is 10.2. The Bertz CT molecular complexity index is 746. The van der Waals surface area contributed by atoms with E-state index in [4.69, 9.17) is 4.42 Å². The number of carbonyl (C=O) groups excluding carboxylic acids is 1. The van der Waals surface area contributed by atoms with Crippen LogP contribution in [-0.4, -0.2) is 21.1 Å². The van der Waals surface area contributed by atoms with Crippen LogP contribution in [0.3, 0.4) is 0 Å². The van der Waals surface area contributed by atoms with Crippen LogP contribution in [0.5, 0.6) is 0 Å². The lowest BCUT2D eigenvalue weighted by molar-refractivity contribution is 0.0943. The fraction of sp³-hybridized carbons (Fsp3) is 0.133. The highest BCUT2D eigenvalue weighted by molar-refractivity contribution is 5.93. The van der Waals surface area contributed by atoms with Gasteiger partial charge in [-0.25, -0.2) is 0 Å². The number of hydrogen-bond donors (Lipinski definition) is 2. The first-order valence-corrected chi connectivity index (χ1v) is 6.52. The number of hydrogen-bond acceptors (Lipinski definition) is 4. The zero-order valence-electron chi connectivity index (χ0n) is 11.5. The smallest absolute Gasteiger partial charge is 0.269 e. The van der Waals surface area contributed by atoms with Gasteiger partial charge < -0.3 is 9.73 Å². The van der Waals surface area contributed by atoms with Crippen molar-refractivity contribution in [3.05, 3.63) is 59.9 Å². The van der Waals surface area contributed by atoms with E-state index in [1.165, 1.54) is 0 Å². The molecule has 0 aliphatic heterocycles. The summed E-state index contributed by atoms with van der Waals surface area (Å²) >= 11 is 0. The van der Waals surface area contributed by atoms with Crippen LogP contribution in [0.25, 0.3) is 11.3 Å². The van der Waals surface area contributed by atoms with Gasteiger partial charge in [-0.2, -0.15) is 5.10 Å². The van der Waals surface area contributed by atoms with Gasteiger partial charge in [-0.3, -0.25) is 14.9 Å². The summed E-state index contributed by atoms with van der Waals surface area (Å²) < 4.78 is 5.40. The number of rotatable bonds is 4. The second kappa shape index (κ2) is 5.62. The molecular formula is C15H14N4O2. The van der Waals surface area contributed by atoms with Crippen molar-refractivity contribution >= 4 is 5.91 Å². The van der Waals surface area contributed by atoms with E-state index in [1.54, 1.807) is 18.5 Å². The second-order valence-electron chi connectivity index (χ2n) is 4.60. The third-order valence-electron chi connectivity index (χ3n) is 3.00. The van der Waals surface area contributed by atoms with Gasteiger partial charge in [-0.1, -0.05) is 0 Å². The molecule has 0 aromatic carbocycles. The first-order valence-electron chi connectivity index (χ1n) is 6.52. The van der Waals surface area contributed by atoms with E-state index >= 15 is 0 Å². The van der Waals surface area contributed by atoms with Gasteiger partial charge in [0.05, 0.1) is 12.2 Å². The molecule has 0 unspecified atom stereocenters. The molecule has 106 valence electrons. The molecule has 3 aromatic rings. The number of furan rings is 1. The van der Waals surface area contributed by atoms with E-state index in [9.17, 15) is 4.79 Å². The number of carbonyl (C=O) groups is 1. The lowest BCUT2D eigenvalue weighted by Crippen LogP contribution is -2.22.